The van der Waals surface area contributed by atoms with Crippen molar-refractivity contribution >= 4 is 5.78 Å². The van der Waals surface area contributed by atoms with Crippen LogP contribution in [-0.2, 0) is 9.53 Å². The summed E-state index contributed by atoms with van der Waals surface area (Å²) >= 11 is 0. The molecule has 4 unspecified atom stereocenters. The molecule has 1 aliphatic rings. The Morgan fingerprint density at radius 2 is 1.89 bits per heavy atom. The van der Waals surface area contributed by atoms with Crippen LogP contribution < -0.4 is 0 Å². The van der Waals surface area contributed by atoms with Crippen molar-refractivity contribution in [2.45, 2.75) is 43.0 Å². The molecule has 1 fully saturated rings. The van der Waals surface area contributed by atoms with Crippen LogP contribution >= 0.6 is 0 Å². The Morgan fingerprint density at radius 3 is 2.33 bits per heavy atom. The Labute approximate surface area is 103 Å². The van der Waals surface area contributed by atoms with Gasteiger partial charge >= 0.3 is 0 Å². The highest BCUT2D eigenvalue weighted by Gasteiger charge is 2.42. The third-order valence-corrected chi connectivity index (χ3v) is 2.92. The fourth-order valence-corrected chi connectivity index (χ4v) is 1.75. The number of ketones is 1. The molecule has 0 aromatic rings. The third kappa shape index (κ3) is 3.23. The van der Waals surface area contributed by atoms with Crippen LogP contribution in [0.4, 0.5) is 0 Å². The van der Waals surface area contributed by atoms with Crippen molar-refractivity contribution < 1.29 is 40.2 Å². The minimum atomic E-state index is -1.93. The summed E-state index contributed by atoms with van der Waals surface area (Å²) in [6.07, 6.45) is -8.62. The number of hydrogen-bond donors (Lipinski definition) is 6. The lowest BCUT2D eigenvalue weighted by atomic mass is 9.99. The lowest BCUT2D eigenvalue weighted by Gasteiger charge is -2.22. The van der Waals surface area contributed by atoms with Gasteiger partial charge in [-0.2, -0.15) is 0 Å². The fourth-order valence-electron chi connectivity index (χ4n) is 1.75. The predicted octanol–water partition coefficient (Wildman–Crippen LogP) is -3.86. The van der Waals surface area contributed by atoms with Gasteiger partial charge in [-0.1, -0.05) is 0 Å². The summed E-state index contributed by atoms with van der Waals surface area (Å²) in [5.74, 6) is -0.912. The normalized spacial score (nSPS) is 33.1. The average molecular weight is 266 g/mol. The van der Waals surface area contributed by atoms with Gasteiger partial charge in [-0.25, -0.2) is 0 Å². The van der Waals surface area contributed by atoms with Crippen LogP contribution in [0.5, 0.6) is 0 Å². The molecule has 8 nitrogen and oxygen atoms in total. The van der Waals surface area contributed by atoms with Crippen molar-refractivity contribution in [2.24, 2.45) is 0 Å². The number of carbonyl (C=O) groups is 1. The average Bonchev–Trinajstić information content (AvgIpc) is 2.76. The monoisotopic (exact) mass is 266 g/mol. The highest BCUT2D eigenvalue weighted by atomic mass is 16.5. The number of Topliss-reactive ketones (excluding diaryl/α,β-unsaturated/α-hetero) is 1. The standard InChI is InChI=1S/C10H18O8/c11-2-5(14)8(15)10(17)9(16)6-1-4(13)7(3-12)18-6/h4-8,10-15,17H,1-3H2/t4-,5?,6?,7+,8?,10?/m0/s1. The van der Waals surface area contributed by atoms with Crippen LogP contribution in [0.25, 0.3) is 0 Å². The molecule has 6 N–H and O–H groups in total. The molecule has 6 atom stereocenters. The molecule has 1 rings (SSSR count). The number of aliphatic hydroxyl groups is 6. The molecule has 0 aromatic carbocycles. The quantitative estimate of drug-likeness (QED) is 0.286. The first kappa shape index (κ1) is 15.4. The summed E-state index contributed by atoms with van der Waals surface area (Å²) in [6.45, 7) is -1.28. The number of hydrogen-bond acceptors (Lipinski definition) is 8. The van der Waals surface area contributed by atoms with Crippen molar-refractivity contribution in [3.8, 4) is 0 Å². The maximum absolute atomic E-state index is 11.7. The van der Waals surface area contributed by atoms with Gasteiger partial charge in [-0.3, -0.25) is 4.79 Å². The topological polar surface area (TPSA) is 148 Å². The molecule has 0 aliphatic carbocycles. The highest BCUT2D eigenvalue weighted by molar-refractivity contribution is 5.88. The van der Waals surface area contributed by atoms with Crippen LogP contribution in [-0.4, -0.2) is 86.3 Å². The molecule has 8 heteroatoms. The van der Waals surface area contributed by atoms with Crippen LogP contribution in [0.3, 0.4) is 0 Å². The van der Waals surface area contributed by atoms with E-state index < -0.39 is 55.6 Å². The van der Waals surface area contributed by atoms with Gasteiger partial charge in [0.1, 0.15) is 30.5 Å². The van der Waals surface area contributed by atoms with E-state index in [4.69, 9.17) is 20.1 Å². The largest absolute Gasteiger partial charge is 0.394 e. The van der Waals surface area contributed by atoms with Crippen LogP contribution in [0, 0.1) is 0 Å². The van der Waals surface area contributed by atoms with E-state index in [1.807, 2.05) is 0 Å². The highest BCUT2D eigenvalue weighted by Crippen LogP contribution is 2.22. The van der Waals surface area contributed by atoms with Gasteiger partial charge in [0.25, 0.3) is 0 Å². The van der Waals surface area contributed by atoms with Gasteiger partial charge < -0.3 is 35.4 Å². The Kier molecular flexibility index (Phi) is 5.60. The van der Waals surface area contributed by atoms with Crippen LogP contribution in [0.2, 0.25) is 0 Å². The maximum Gasteiger partial charge on any atom is 0.192 e. The zero-order valence-electron chi connectivity index (χ0n) is 9.59. The van der Waals surface area contributed by atoms with E-state index in [2.05, 4.69) is 0 Å². The minimum Gasteiger partial charge on any atom is -0.394 e. The first-order chi connectivity index (χ1) is 8.42. The Morgan fingerprint density at radius 1 is 1.28 bits per heavy atom. The molecule has 1 heterocycles. The van der Waals surface area contributed by atoms with Crippen LogP contribution in [0.15, 0.2) is 0 Å². The molecule has 18 heavy (non-hydrogen) atoms. The molecule has 0 bridgehead atoms. The summed E-state index contributed by atoms with van der Waals surface area (Å²) in [4.78, 5) is 11.7. The van der Waals surface area contributed by atoms with Crippen molar-refractivity contribution in [1.29, 1.82) is 0 Å². The maximum atomic E-state index is 11.7. The van der Waals surface area contributed by atoms with Gasteiger partial charge in [-0.05, 0) is 0 Å². The summed E-state index contributed by atoms with van der Waals surface area (Å²) in [5.41, 5.74) is 0. The van der Waals surface area contributed by atoms with Gasteiger partial charge in [-0.15, -0.1) is 0 Å². The number of aliphatic hydroxyl groups excluding tert-OH is 6. The molecule has 0 amide bonds. The van der Waals surface area contributed by atoms with E-state index in [0.29, 0.717) is 0 Å². The molecular weight excluding hydrogens is 248 g/mol. The van der Waals surface area contributed by atoms with Crippen molar-refractivity contribution in [1.82, 2.24) is 0 Å². The van der Waals surface area contributed by atoms with Crippen molar-refractivity contribution in [3.05, 3.63) is 0 Å². The lowest BCUT2D eigenvalue weighted by molar-refractivity contribution is -0.151. The second-order valence-corrected chi connectivity index (χ2v) is 4.24. The zero-order valence-corrected chi connectivity index (χ0v) is 9.59. The Hall–Kier alpha value is -0.610. The SMILES string of the molecule is O=C(C1C[C@H](O)[C@@H](CO)O1)C(O)C(O)C(O)CO. The summed E-state index contributed by atoms with van der Waals surface area (Å²) in [5, 5.41) is 54.8. The molecule has 0 radical (unpaired) electrons. The first-order valence-electron chi connectivity index (χ1n) is 5.55. The molecule has 106 valence electrons. The molecule has 1 aliphatic heterocycles. The van der Waals surface area contributed by atoms with E-state index in [0.717, 1.165) is 0 Å². The van der Waals surface area contributed by atoms with Gasteiger partial charge in [0.2, 0.25) is 0 Å². The van der Waals surface area contributed by atoms with E-state index >= 15 is 0 Å². The first-order valence-corrected chi connectivity index (χ1v) is 5.55. The van der Waals surface area contributed by atoms with Gasteiger partial charge in [0.15, 0.2) is 5.78 Å². The third-order valence-electron chi connectivity index (χ3n) is 2.92. The van der Waals surface area contributed by atoms with Gasteiger partial charge in [0.05, 0.1) is 19.3 Å². The lowest BCUT2D eigenvalue weighted by Crippen LogP contribution is -2.47. The minimum absolute atomic E-state index is 0.108. The summed E-state index contributed by atoms with van der Waals surface area (Å²) in [7, 11) is 0. The summed E-state index contributed by atoms with van der Waals surface area (Å²) in [6, 6.07) is 0. The zero-order chi connectivity index (χ0) is 13.9. The van der Waals surface area contributed by atoms with Gasteiger partial charge in [0, 0.05) is 6.42 Å². The van der Waals surface area contributed by atoms with Crippen molar-refractivity contribution in [2.75, 3.05) is 13.2 Å². The molecule has 0 spiro atoms. The van der Waals surface area contributed by atoms with E-state index in [-0.39, 0.29) is 6.42 Å². The van der Waals surface area contributed by atoms with Crippen molar-refractivity contribution in [3.63, 3.8) is 0 Å². The predicted molar refractivity (Wildman–Crippen MR) is 56.5 cm³/mol. The smallest absolute Gasteiger partial charge is 0.192 e. The van der Waals surface area contributed by atoms with E-state index in [1.165, 1.54) is 0 Å². The molecule has 0 aromatic heterocycles. The Bertz CT molecular complexity index is 279. The molecular formula is C10H18O8. The Balaban J connectivity index is 2.60. The second-order valence-electron chi connectivity index (χ2n) is 4.24. The number of rotatable bonds is 6. The summed E-state index contributed by atoms with van der Waals surface area (Å²) < 4.78 is 5.00. The van der Waals surface area contributed by atoms with Crippen LogP contribution in [0.1, 0.15) is 6.42 Å². The van der Waals surface area contributed by atoms with E-state index in [9.17, 15) is 20.1 Å². The molecule has 0 saturated carbocycles. The second kappa shape index (κ2) is 6.53. The number of ether oxygens (including phenoxy) is 1. The fraction of sp³-hybridized carbons (Fsp3) is 0.900. The van der Waals surface area contributed by atoms with E-state index in [1.54, 1.807) is 0 Å². The number of carbonyl (C=O) groups excluding carboxylic acids is 1. The molecule has 1 saturated heterocycles.